The molecule has 4 amide bonds. The largest absolute Gasteiger partial charge is 0.312 e. The summed E-state index contributed by atoms with van der Waals surface area (Å²) in [7, 11) is 0. The second kappa shape index (κ2) is 7.39. The summed E-state index contributed by atoms with van der Waals surface area (Å²) in [6.45, 7) is 0. The smallest absolute Gasteiger partial charge is 0.254 e. The molecule has 0 aromatic heterocycles. The Hall–Kier alpha value is -3.50. The van der Waals surface area contributed by atoms with Crippen LogP contribution >= 0.6 is 0 Å². The van der Waals surface area contributed by atoms with Crippen LogP contribution in [-0.4, -0.2) is 46.0 Å². The van der Waals surface area contributed by atoms with E-state index in [-0.39, 0.29) is 11.4 Å². The Bertz CT molecular complexity index is 958. The molecule has 154 valence electrons. The number of imide groups is 2. The maximum absolute atomic E-state index is 13.1. The maximum Gasteiger partial charge on any atom is 0.254 e. The van der Waals surface area contributed by atoms with Gasteiger partial charge in [0.05, 0.1) is 24.2 Å². The first kappa shape index (κ1) is 19.8. The van der Waals surface area contributed by atoms with E-state index in [4.69, 9.17) is 0 Å². The van der Waals surface area contributed by atoms with Crippen molar-refractivity contribution in [1.82, 2.24) is 5.06 Å². The molecule has 10 heteroatoms. The summed E-state index contributed by atoms with van der Waals surface area (Å²) < 4.78 is 26.2. The van der Waals surface area contributed by atoms with Crippen molar-refractivity contribution >= 4 is 35.0 Å². The molecule has 30 heavy (non-hydrogen) atoms. The number of anilines is 2. The number of carbonyl (C=O) groups excluding carboxylic acids is 4. The highest BCUT2D eigenvalue weighted by Crippen LogP contribution is 2.30. The van der Waals surface area contributed by atoms with Crippen molar-refractivity contribution in [3.8, 4) is 0 Å². The first-order valence-electron chi connectivity index (χ1n) is 9.00. The molecule has 2 heterocycles. The fourth-order valence-corrected chi connectivity index (χ4v) is 3.59. The highest BCUT2D eigenvalue weighted by molar-refractivity contribution is 6.24. The quantitative estimate of drug-likeness (QED) is 0.602. The van der Waals surface area contributed by atoms with Crippen LogP contribution in [0, 0.1) is 11.6 Å². The number of nitrogens with zero attached hydrogens (tertiary/aromatic N) is 3. The van der Waals surface area contributed by atoms with Crippen LogP contribution in [0.3, 0.4) is 0 Å². The van der Waals surface area contributed by atoms with E-state index >= 15 is 0 Å². The lowest BCUT2D eigenvalue weighted by molar-refractivity contribution is -0.172. The van der Waals surface area contributed by atoms with Gasteiger partial charge in [-0.3, -0.25) is 19.2 Å². The van der Waals surface area contributed by atoms with Crippen molar-refractivity contribution in [2.24, 2.45) is 0 Å². The van der Waals surface area contributed by atoms with Gasteiger partial charge in [-0.05, 0) is 48.5 Å². The number of hydrogen-bond acceptors (Lipinski definition) is 6. The van der Waals surface area contributed by atoms with Crippen molar-refractivity contribution < 1.29 is 33.2 Å². The highest BCUT2D eigenvalue weighted by atomic mass is 19.1. The van der Waals surface area contributed by atoms with Gasteiger partial charge in [-0.15, -0.1) is 0 Å². The molecule has 2 atom stereocenters. The monoisotopic (exact) mass is 415 g/mol. The minimum atomic E-state index is -1.38. The van der Waals surface area contributed by atoms with Crippen molar-refractivity contribution in [2.75, 3.05) is 9.80 Å². The Morgan fingerprint density at radius 3 is 1.37 bits per heavy atom. The van der Waals surface area contributed by atoms with E-state index in [2.05, 4.69) is 0 Å². The van der Waals surface area contributed by atoms with Crippen molar-refractivity contribution in [2.45, 2.75) is 24.9 Å². The van der Waals surface area contributed by atoms with Gasteiger partial charge >= 0.3 is 0 Å². The zero-order chi connectivity index (χ0) is 21.6. The lowest BCUT2D eigenvalue weighted by Gasteiger charge is -2.25. The number of halogens is 2. The van der Waals surface area contributed by atoms with Crippen LogP contribution in [-0.2, 0) is 19.2 Å². The number of hydrogen-bond donors (Lipinski definition) is 1. The standard InChI is InChI=1S/C20H15F2N3O5/c21-11-1-5-13(6-2-11)23-17(26)9-15(19(23)28)25(30)16-10-18(27)24(20(16)29)14-7-3-12(22)4-8-14/h1-8,15-16,30H,9-10H2/t15-,16-/m1/s1. The van der Waals surface area contributed by atoms with Crippen molar-refractivity contribution in [1.29, 1.82) is 0 Å². The van der Waals surface area contributed by atoms with Crippen LogP contribution in [0.5, 0.6) is 0 Å². The van der Waals surface area contributed by atoms with E-state index in [1.165, 1.54) is 24.3 Å². The molecule has 2 fully saturated rings. The maximum atomic E-state index is 13.1. The van der Waals surface area contributed by atoms with Crippen molar-refractivity contribution in [3.63, 3.8) is 0 Å². The Kier molecular flexibility index (Phi) is 4.88. The van der Waals surface area contributed by atoms with E-state index in [1.54, 1.807) is 0 Å². The number of carbonyl (C=O) groups is 4. The van der Waals surface area contributed by atoms with Crippen LogP contribution in [0.4, 0.5) is 20.2 Å². The summed E-state index contributed by atoms with van der Waals surface area (Å²) in [6, 6.07) is 6.56. The molecule has 2 aliphatic rings. The third kappa shape index (κ3) is 3.25. The molecule has 0 unspecified atom stereocenters. The normalized spacial score (nSPS) is 22.0. The Morgan fingerprint density at radius 1 is 0.700 bits per heavy atom. The number of hydroxylamine groups is 2. The lowest BCUT2D eigenvalue weighted by atomic mass is 10.1. The van der Waals surface area contributed by atoms with Crippen molar-refractivity contribution in [3.05, 3.63) is 60.2 Å². The molecule has 0 aliphatic carbocycles. The van der Waals surface area contributed by atoms with Crippen LogP contribution in [0.15, 0.2) is 48.5 Å². The molecule has 2 aromatic rings. The summed E-state index contributed by atoms with van der Waals surface area (Å²) in [6.07, 6.45) is -0.831. The molecule has 1 N–H and O–H groups in total. The topological polar surface area (TPSA) is 98.2 Å². The number of rotatable bonds is 4. The Morgan fingerprint density at radius 2 is 1.03 bits per heavy atom. The molecule has 0 bridgehead atoms. The molecule has 2 aromatic carbocycles. The summed E-state index contributed by atoms with van der Waals surface area (Å²) in [5.41, 5.74) is 0.258. The number of benzene rings is 2. The van der Waals surface area contributed by atoms with E-state index < -0.39 is 60.2 Å². The molecule has 2 saturated heterocycles. The van der Waals surface area contributed by atoms with Crippen LogP contribution < -0.4 is 9.80 Å². The molecule has 8 nitrogen and oxygen atoms in total. The molecule has 2 aliphatic heterocycles. The van der Waals surface area contributed by atoms with E-state index in [9.17, 15) is 33.2 Å². The van der Waals surface area contributed by atoms with E-state index in [0.717, 1.165) is 34.1 Å². The van der Waals surface area contributed by atoms with Gasteiger partial charge < -0.3 is 5.21 Å². The van der Waals surface area contributed by atoms with E-state index in [1.807, 2.05) is 0 Å². The van der Waals surface area contributed by atoms with E-state index in [0.29, 0.717) is 5.06 Å². The Labute approximate surface area is 168 Å². The first-order chi connectivity index (χ1) is 14.3. The van der Waals surface area contributed by atoms with Gasteiger partial charge in [-0.1, -0.05) is 0 Å². The molecule has 4 rings (SSSR count). The fraction of sp³-hybridized carbons (Fsp3) is 0.200. The van der Waals surface area contributed by atoms with Crippen LogP contribution in [0.25, 0.3) is 0 Å². The van der Waals surface area contributed by atoms with Gasteiger partial charge in [0.2, 0.25) is 11.8 Å². The molecule has 0 spiro atoms. The average molecular weight is 415 g/mol. The van der Waals surface area contributed by atoms with Crippen LogP contribution in [0.2, 0.25) is 0 Å². The minimum absolute atomic E-state index is 0.129. The zero-order valence-electron chi connectivity index (χ0n) is 15.4. The predicted octanol–water partition coefficient (Wildman–Crippen LogP) is 1.62. The molecular weight excluding hydrogens is 400 g/mol. The summed E-state index contributed by atoms with van der Waals surface area (Å²) in [5.74, 6) is -3.96. The minimum Gasteiger partial charge on any atom is -0.312 e. The first-order valence-corrected chi connectivity index (χ1v) is 9.00. The highest BCUT2D eigenvalue weighted by Gasteiger charge is 2.50. The Balaban J connectivity index is 1.55. The van der Waals surface area contributed by atoms with Gasteiger partial charge in [-0.2, -0.15) is 5.06 Å². The average Bonchev–Trinajstić information content (AvgIpc) is 3.18. The fourth-order valence-electron chi connectivity index (χ4n) is 3.59. The lowest BCUT2D eigenvalue weighted by Crippen LogP contribution is -2.49. The van der Waals surface area contributed by atoms with Crippen LogP contribution in [0.1, 0.15) is 12.8 Å². The molecular formula is C20H15F2N3O5. The SMILES string of the molecule is O=C1C[C@@H](N(O)[C@@H]2CC(=O)N(c3ccc(F)cc3)C2=O)C(=O)N1c1ccc(F)cc1. The summed E-state index contributed by atoms with van der Waals surface area (Å²) >= 11 is 0. The second-order valence-electron chi connectivity index (χ2n) is 6.91. The predicted molar refractivity (Wildman–Crippen MR) is 98.2 cm³/mol. The molecule has 0 saturated carbocycles. The second-order valence-corrected chi connectivity index (χ2v) is 6.91. The van der Waals surface area contributed by atoms with Gasteiger partial charge in [-0.25, -0.2) is 18.6 Å². The number of amides is 4. The van der Waals surface area contributed by atoms with Gasteiger partial charge in [0.25, 0.3) is 11.8 Å². The van der Waals surface area contributed by atoms with Gasteiger partial charge in [0.1, 0.15) is 23.7 Å². The van der Waals surface area contributed by atoms with Gasteiger partial charge in [0, 0.05) is 0 Å². The molecule has 0 radical (unpaired) electrons. The summed E-state index contributed by atoms with van der Waals surface area (Å²) in [5, 5.41) is 11.0. The zero-order valence-corrected chi connectivity index (χ0v) is 15.4. The summed E-state index contributed by atoms with van der Waals surface area (Å²) in [4.78, 5) is 51.7. The third-order valence-electron chi connectivity index (χ3n) is 5.05. The third-order valence-corrected chi connectivity index (χ3v) is 5.05. The van der Waals surface area contributed by atoms with Gasteiger partial charge in [0.15, 0.2) is 0 Å².